The summed E-state index contributed by atoms with van der Waals surface area (Å²) >= 11 is 0. The molecule has 1 fully saturated rings. The summed E-state index contributed by atoms with van der Waals surface area (Å²) in [5, 5.41) is 3.43. The van der Waals surface area contributed by atoms with E-state index >= 15 is 0 Å². The lowest BCUT2D eigenvalue weighted by molar-refractivity contribution is -0.120. The summed E-state index contributed by atoms with van der Waals surface area (Å²) < 4.78 is 0. The molecule has 1 saturated heterocycles. The molecule has 1 aliphatic rings. The van der Waals surface area contributed by atoms with Crippen LogP contribution in [0.3, 0.4) is 0 Å². The lowest BCUT2D eigenvalue weighted by atomic mass is 10.0. The van der Waals surface area contributed by atoms with Crippen molar-refractivity contribution in [2.75, 3.05) is 18.0 Å². The average molecular weight is 339 g/mol. The maximum atomic E-state index is 11.9. The molecule has 0 saturated carbocycles. The van der Waals surface area contributed by atoms with Crippen LogP contribution in [0.4, 0.5) is 5.82 Å². The van der Waals surface area contributed by atoms with Gasteiger partial charge in [-0.2, -0.15) is 0 Å². The van der Waals surface area contributed by atoms with Gasteiger partial charge in [-0.25, -0.2) is 9.97 Å². The molecule has 3 N–H and O–H groups in total. The number of aromatic nitrogens is 2. The topological polar surface area (TPSA) is 84.1 Å². The van der Waals surface area contributed by atoms with Gasteiger partial charge in [0.15, 0.2) is 0 Å². The van der Waals surface area contributed by atoms with Crippen LogP contribution in [-0.2, 0) is 11.2 Å². The van der Waals surface area contributed by atoms with Gasteiger partial charge in [0.1, 0.15) is 18.2 Å². The number of amides is 1. The van der Waals surface area contributed by atoms with Crippen LogP contribution in [0.25, 0.3) is 0 Å². The maximum Gasteiger partial charge on any atom is 0.239 e. The number of nitrogens with zero attached hydrogens (tertiary/aromatic N) is 3. The molecule has 25 heavy (non-hydrogen) atoms. The van der Waals surface area contributed by atoms with Crippen LogP contribution >= 0.6 is 0 Å². The number of primary amides is 1. The van der Waals surface area contributed by atoms with Gasteiger partial charge in [-0.15, -0.1) is 0 Å². The molecular weight excluding hydrogens is 314 g/mol. The maximum absolute atomic E-state index is 11.9. The Morgan fingerprint density at radius 3 is 2.64 bits per heavy atom. The van der Waals surface area contributed by atoms with Crippen LogP contribution in [0, 0.1) is 0 Å². The third kappa shape index (κ3) is 4.33. The number of benzene rings is 1. The predicted molar refractivity (Wildman–Crippen MR) is 98.2 cm³/mol. The fourth-order valence-electron chi connectivity index (χ4n) is 3.25. The molecule has 0 bridgehead atoms. The van der Waals surface area contributed by atoms with Crippen LogP contribution in [0.1, 0.15) is 37.1 Å². The molecule has 1 amide bonds. The Hall–Kier alpha value is -2.47. The van der Waals surface area contributed by atoms with Crippen molar-refractivity contribution in [3.8, 4) is 0 Å². The van der Waals surface area contributed by atoms with E-state index in [1.54, 1.807) is 6.33 Å². The zero-order valence-corrected chi connectivity index (χ0v) is 14.6. The van der Waals surface area contributed by atoms with Gasteiger partial charge in [-0.1, -0.05) is 37.3 Å². The summed E-state index contributed by atoms with van der Waals surface area (Å²) in [5.74, 6) is 0.650. The molecule has 1 atom stereocenters. The van der Waals surface area contributed by atoms with E-state index in [9.17, 15) is 4.79 Å². The standard InChI is InChI=1S/C19H25N5O/c1-2-15-12-17(22-13-21-15)24-10-8-16(9-11-24)23-18(19(20)25)14-6-4-3-5-7-14/h3-7,12-13,16,18,23H,2,8-11H2,1H3,(H2,20,25)/t18-/m0/s1. The van der Waals surface area contributed by atoms with Crippen LogP contribution < -0.4 is 16.0 Å². The van der Waals surface area contributed by atoms with Crippen molar-refractivity contribution in [3.63, 3.8) is 0 Å². The van der Waals surface area contributed by atoms with Crippen molar-refractivity contribution < 1.29 is 4.79 Å². The van der Waals surface area contributed by atoms with Crippen molar-refractivity contribution >= 4 is 11.7 Å². The Morgan fingerprint density at radius 1 is 1.28 bits per heavy atom. The average Bonchev–Trinajstić information content (AvgIpc) is 2.67. The van der Waals surface area contributed by atoms with Gasteiger partial charge in [0.25, 0.3) is 0 Å². The number of hydrogen-bond acceptors (Lipinski definition) is 5. The van der Waals surface area contributed by atoms with E-state index in [0.717, 1.165) is 49.4 Å². The molecule has 0 radical (unpaired) electrons. The van der Waals surface area contributed by atoms with E-state index in [-0.39, 0.29) is 11.9 Å². The largest absolute Gasteiger partial charge is 0.368 e. The summed E-state index contributed by atoms with van der Waals surface area (Å²) in [4.78, 5) is 22.8. The minimum Gasteiger partial charge on any atom is -0.368 e. The second-order valence-electron chi connectivity index (χ2n) is 6.40. The molecule has 132 valence electrons. The highest BCUT2D eigenvalue weighted by Gasteiger charge is 2.25. The lowest BCUT2D eigenvalue weighted by Gasteiger charge is -2.34. The quantitative estimate of drug-likeness (QED) is 0.839. The summed E-state index contributed by atoms with van der Waals surface area (Å²) in [6, 6.07) is 11.5. The third-order valence-electron chi connectivity index (χ3n) is 4.71. The van der Waals surface area contributed by atoms with E-state index in [0.29, 0.717) is 0 Å². The molecular formula is C19H25N5O. The molecule has 2 heterocycles. The van der Waals surface area contributed by atoms with Crippen molar-refractivity contribution in [3.05, 3.63) is 54.0 Å². The Balaban J connectivity index is 1.60. The number of hydrogen-bond donors (Lipinski definition) is 2. The predicted octanol–water partition coefficient (Wildman–Crippen LogP) is 1.82. The first-order valence-electron chi connectivity index (χ1n) is 8.83. The first-order valence-corrected chi connectivity index (χ1v) is 8.83. The minimum atomic E-state index is -0.441. The first-order chi connectivity index (χ1) is 12.2. The fraction of sp³-hybridized carbons (Fsp3) is 0.421. The van der Waals surface area contributed by atoms with Crippen LogP contribution in [0.5, 0.6) is 0 Å². The Labute approximate surface area is 148 Å². The van der Waals surface area contributed by atoms with Gasteiger partial charge < -0.3 is 10.6 Å². The van der Waals surface area contributed by atoms with E-state index in [1.165, 1.54) is 0 Å². The SMILES string of the molecule is CCc1cc(N2CCC(N[C@H](C(N)=O)c3ccccc3)CC2)ncn1. The highest BCUT2D eigenvalue weighted by atomic mass is 16.1. The van der Waals surface area contributed by atoms with Crippen LogP contribution in [0.15, 0.2) is 42.7 Å². The van der Waals surface area contributed by atoms with E-state index in [1.807, 2.05) is 30.3 Å². The summed E-state index contributed by atoms with van der Waals surface area (Å²) in [6.45, 7) is 3.89. The molecule has 6 nitrogen and oxygen atoms in total. The second-order valence-corrected chi connectivity index (χ2v) is 6.40. The Morgan fingerprint density at radius 2 is 2.00 bits per heavy atom. The highest BCUT2D eigenvalue weighted by Crippen LogP contribution is 2.21. The van der Waals surface area contributed by atoms with Gasteiger partial charge in [-0.05, 0) is 24.8 Å². The number of nitrogens with two attached hydrogens (primary N) is 1. The number of anilines is 1. The van der Waals surface area contributed by atoms with Gasteiger partial charge in [-0.3, -0.25) is 10.1 Å². The van der Waals surface area contributed by atoms with Gasteiger partial charge in [0, 0.05) is 30.9 Å². The fourth-order valence-corrected chi connectivity index (χ4v) is 3.25. The molecule has 0 aliphatic carbocycles. The Bertz CT molecular complexity index is 698. The van der Waals surface area contributed by atoms with Crippen LogP contribution in [0.2, 0.25) is 0 Å². The third-order valence-corrected chi connectivity index (χ3v) is 4.71. The number of aryl methyl sites for hydroxylation is 1. The molecule has 0 spiro atoms. The van der Waals surface area contributed by atoms with Gasteiger partial charge in [0.05, 0.1) is 0 Å². The van der Waals surface area contributed by atoms with E-state index in [4.69, 9.17) is 5.73 Å². The number of nitrogens with one attached hydrogen (secondary N) is 1. The smallest absolute Gasteiger partial charge is 0.239 e. The molecule has 1 aromatic carbocycles. The number of carbonyl (C=O) groups is 1. The van der Waals surface area contributed by atoms with E-state index < -0.39 is 6.04 Å². The summed E-state index contributed by atoms with van der Waals surface area (Å²) in [6.07, 6.45) is 4.44. The van der Waals surface area contributed by atoms with Gasteiger partial charge >= 0.3 is 0 Å². The molecule has 6 heteroatoms. The van der Waals surface area contributed by atoms with Crippen molar-refractivity contribution in [1.29, 1.82) is 0 Å². The van der Waals surface area contributed by atoms with Gasteiger partial charge in [0.2, 0.25) is 5.91 Å². The monoisotopic (exact) mass is 339 g/mol. The lowest BCUT2D eigenvalue weighted by Crippen LogP contribution is -2.46. The zero-order chi connectivity index (χ0) is 17.6. The van der Waals surface area contributed by atoms with Crippen molar-refractivity contribution in [1.82, 2.24) is 15.3 Å². The second kappa shape index (κ2) is 8.07. The number of carbonyl (C=O) groups excluding carboxylic acids is 1. The molecule has 1 aliphatic heterocycles. The van der Waals surface area contributed by atoms with Crippen LogP contribution in [-0.4, -0.2) is 35.0 Å². The minimum absolute atomic E-state index is 0.265. The molecule has 0 unspecified atom stereocenters. The summed E-state index contributed by atoms with van der Waals surface area (Å²) in [7, 11) is 0. The van der Waals surface area contributed by atoms with Crippen molar-refractivity contribution in [2.24, 2.45) is 5.73 Å². The molecule has 1 aromatic heterocycles. The highest BCUT2D eigenvalue weighted by molar-refractivity contribution is 5.81. The number of rotatable bonds is 6. The molecule has 2 aromatic rings. The Kier molecular flexibility index (Phi) is 5.60. The van der Waals surface area contributed by atoms with Crippen molar-refractivity contribution in [2.45, 2.75) is 38.3 Å². The first kappa shape index (κ1) is 17.4. The normalized spacial score (nSPS) is 16.6. The number of piperidine rings is 1. The zero-order valence-electron chi connectivity index (χ0n) is 14.6. The van der Waals surface area contributed by atoms with E-state index in [2.05, 4.69) is 33.2 Å². The summed E-state index contributed by atoms with van der Waals surface area (Å²) in [5.41, 5.74) is 7.58. The molecule has 3 rings (SSSR count).